The van der Waals surface area contributed by atoms with E-state index in [-0.39, 0.29) is 5.91 Å². The minimum atomic E-state index is -0.00376. The second kappa shape index (κ2) is 7.43. The van der Waals surface area contributed by atoms with Gasteiger partial charge >= 0.3 is 0 Å². The van der Waals surface area contributed by atoms with Crippen LogP contribution in [0.1, 0.15) is 48.7 Å². The summed E-state index contributed by atoms with van der Waals surface area (Å²) in [6.07, 6.45) is 7.54. The highest BCUT2D eigenvalue weighted by Gasteiger charge is 2.27. The summed E-state index contributed by atoms with van der Waals surface area (Å²) in [6, 6.07) is 8.40. The molecule has 1 aromatic carbocycles. The quantitative estimate of drug-likeness (QED) is 0.925. The molecule has 2 heterocycles. The number of hydrogen-bond donors (Lipinski definition) is 1. The Morgan fingerprint density at radius 1 is 1.21 bits per heavy atom. The molecule has 1 aliphatic rings. The molecule has 0 aliphatic carbocycles. The van der Waals surface area contributed by atoms with E-state index >= 15 is 0 Å². The van der Waals surface area contributed by atoms with Crippen LogP contribution in [0.3, 0.4) is 0 Å². The number of piperidine rings is 1. The zero-order chi connectivity index (χ0) is 16.9. The van der Waals surface area contributed by atoms with Crippen molar-refractivity contribution >= 4 is 17.4 Å². The molecule has 1 aromatic heterocycles. The van der Waals surface area contributed by atoms with Crippen LogP contribution in [0.4, 0.5) is 11.5 Å². The van der Waals surface area contributed by atoms with E-state index in [9.17, 15) is 4.79 Å². The number of hydrogen-bond acceptors (Lipinski definition) is 4. The Hall–Kier alpha value is -2.43. The van der Waals surface area contributed by atoms with Crippen LogP contribution in [-0.4, -0.2) is 33.4 Å². The Morgan fingerprint density at radius 2 is 2.00 bits per heavy atom. The number of aryl methyl sites for hydroxylation is 1. The van der Waals surface area contributed by atoms with Gasteiger partial charge in [-0.15, -0.1) is 0 Å². The van der Waals surface area contributed by atoms with E-state index in [4.69, 9.17) is 0 Å². The zero-order valence-electron chi connectivity index (χ0n) is 14.3. The molecule has 1 saturated heterocycles. The lowest BCUT2D eigenvalue weighted by molar-refractivity contribution is 0.0601. The number of amides is 1. The molecule has 5 heteroatoms. The highest BCUT2D eigenvalue weighted by molar-refractivity contribution is 5.92. The molecular formula is C19H24N4O. The summed E-state index contributed by atoms with van der Waals surface area (Å²) in [4.78, 5) is 23.3. The zero-order valence-corrected chi connectivity index (χ0v) is 14.3. The Kier molecular flexibility index (Phi) is 5.08. The fourth-order valence-electron chi connectivity index (χ4n) is 3.13. The number of carbonyl (C=O) groups excluding carboxylic acids is 1. The molecule has 5 nitrogen and oxygen atoms in total. The van der Waals surface area contributed by atoms with Crippen molar-refractivity contribution in [2.45, 2.75) is 45.6 Å². The van der Waals surface area contributed by atoms with Gasteiger partial charge < -0.3 is 10.2 Å². The average Bonchev–Trinajstić information content (AvgIpc) is 2.63. The normalized spacial score (nSPS) is 17.6. The van der Waals surface area contributed by atoms with Crippen LogP contribution in [0.25, 0.3) is 0 Å². The van der Waals surface area contributed by atoms with Gasteiger partial charge in [-0.05, 0) is 44.7 Å². The maximum atomic E-state index is 12.7. The summed E-state index contributed by atoms with van der Waals surface area (Å²) in [6.45, 7) is 5.01. The summed E-state index contributed by atoms with van der Waals surface area (Å²) in [7, 11) is 0. The molecule has 1 fully saturated rings. The Morgan fingerprint density at radius 3 is 2.67 bits per heavy atom. The van der Waals surface area contributed by atoms with Gasteiger partial charge in [-0.1, -0.05) is 24.6 Å². The molecule has 1 aliphatic heterocycles. The van der Waals surface area contributed by atoms with Gasteiger partial charge in [0.2, 0.25) is 0 Å². The van der Waals surface area contributed by atoms with Gasteiger partial charge in [-0.25, -0.2) is 9.97 Å². The predicted molar refractivity (Wildman–Crippen MR) is 95.5 cm³/mol. The second-order valence-corrected chi connectivity index (χ2v) is 6.33. The first-order chi connectivity index (χ1) is 11.7. The first-order valence-electron chi connectivity index (χ1n) is 8.64. The average molecular weight is 324 g/mol. The molecule has 1 amide bonds. The smallest absolute Gasteiger partial charge is 0.274 e. The lowest BCUT2D eigenvalue weighted by Gasteiger charge is -2.34. The van der Waals surface area contributed by atoms with Crippen LogP contribution in [0.15, 0.2) is 36.7 Å². The lowest BCUT2D eigenvalue weighted by Crippen LogP contribution is -2.43. The van der Waals surface area contributed by atoms with Crippen molar-refractivity contribution in [1.29, 1.82) is 0 Å². The summed E-state index contributed by atoms with van der Waals surface area (Å²) in [5, 5.41) is 3.20. The van der Waals surface area contributed by atoms with Crippen molar-refractivity contribution < 1.29 is 4.79 Å². The number of rotatable bonds is 4. The van der Waals surface area contributed by atoms with E-state index in [2.05, 4.69) is 22.2 Å². The number of benzene rings is 1. The summed E-state index contributed by atoms with van der Waals surface area (Å²) >= 11 is 0. The molecule has 0 radical (unpaired) electrons. The van der Waals surface area contributed by atoms with Gasteiger partial charge in [-0.2, -0.15) is 0 Å². The van der Waals surface area contributed by atoms with E-state index in [0.717, 1.165) is 31.5 Å². The molecule has 3 rings (SSSR count). The third-order valence-corrected chi connectivity index (χ3v) is 4.55. The van der Waals surface area contributed by atoms with E-state index in [0.29, 0.717) is 17.6 Å². The molecule has 126 valence electrons. The van der Waals surface area contributed by atoms with E-state index < -0.39 is 0 Å². The number of carbonyl (C=O) groups is 1. The van der Waals surface area contributed by atoms with E-state index in [1.54, 1.807) is 12.4 Å². The number of nitrogens with zero attached hydrogens (tertiary/aromatic N) is 3. The van der Waals surface area contributed by atoms with Gasteiger partial charge in [-0.3, -0.25) is 4.79 Å². The van der Waals surface area contributed by atoms with Gasteiger partial charge in [0.25, 0.3) is 5.91 Å². The van der Waals surface area contributed by atoms with Crippen LogP contribution >= 0.6 is 0 Å². The first-order valence-corrected chi connectivity index (χ1v) is 8.64. The molecule has 2 aromatic rings. The number of nitrogens with one attached hydrogen (secondary N) is 1. The maximum absolute atomic E-state index is 12.7. The second-order valence-electron chi connectivity index (χ2n) is 6.33. The molecule has 1 N–H and O–H groups in total. The van der Waals surface area contributed by atoms with Gasteiger partial charge in [0, 0.05) is 18.3 Å². The number of aromatic nitrogens is 2. The third kappa shape index (κ3) is 3.72. The molecule has 0 saturated carbocycles. The van der Waals surface area contributed by atoms with Crippen LogP contribution in [-0.2, 0) is 0 Å². The largest absolute Gasteiger partial charge is 0.339 e. The highest BCUT2D eigenvalue weighted by Crippen LogP contribution is 2.21. The van der Waals surface area contributed by atoms with Crippen molar-refractivity contribution in [2.24, 2.45) is 0 Å². The SMILES string of the molecule is CCC1CCCCN1C(=O)c1cnc(Nc2ccc(C)cc2)cn1. The Bertz CT molecular complexity index is 682. The minimum absolute atomic E-state index is 0.00376. The molecular weight excluding hydrogens is 300 g/mol. The molecule has 1 atom stereocenters. The van der Waals surface area contributed by atoms with Crippen LogP contribution < -0.4 is 5.32 Å². The number of anilines is 2. The lowest BCUT2D eigenvalue weighted by atomic mass is 10.00. The standard InChI is InChI=1S/C19H24N4O/c1-3-16-6-4-5-11-23(16)19(24)17-12-21-18(13-20-17)22-15-9-7-14(2)8-10-15/h7-10,12-13,16H,3-6,11H2,1-2H3,(H,21,22). The fourth-order valence-corrected chi connectivity index (χ4v) is 3.13. The fraction of sp³-hybridized carbons (Fsp3) is 0.421. The molecule has 24 heavy (non-hydrogen) atoms. The Labute approximate surface area is 143 Å². The summed E-state index contributed by atoms with van der Waals surface area (Å²) < 4.78 is 0. The van der Waals surface area contributed by atoms with Gasteiger partial charge in [0.15, 0.2) is 0 Å². The molecule has 1 unspecified atom stereocenters. The first kappa shape index (κ1) is 16.4. The monoisotopic (exact) mass is 324 g/mol. The minimum Gasteiger partial charge on any atom is -0.339 e. The summed E-state index contributed by atoms with van der Waals surface area (Å²) in [5.74, 6) is 0.636. The van der Waals surface area contributed by atoms with Crippen LogP contribution in [0.2, 0.25) is 0 Å². The van der Waals surface area contributed by atoms with Crippen LogP contribution in [0, 0.1) is 6.92 Å². The van der Waals surface area contributed by atoms with Gasteiger partial charge in [0.05, 0.1) is 12.4 Å². The Balaban J connectivity index is 1.69. The third-order valence-electron chi connectivity index (χ3n) is 4.55. The molecule has 0 bridgehead atoms. The van der Waals surface area contributed by atoms with E-state index in [1.807, 2.05) is 36.1 Å². The highest BCUT2D eigenvalue weighted by atomic mass is 16.2. The van der Waals surface area contributed by atoms with Crippen molar-refractivity contribution in [3.05, 3.63) is 47.9 Å². The number of likely N-dealkylation sites (tertiary alicyclic amines) is 1. The van der Waals surface area contributed by atoms with Crippen LogP contribution in [0.5, 0.6) is 0 Å². The molecule has 0 spiro atoms. The van der Waals surface area contributed by atoms with E-state index in [1.165, 1.54) is 12.0 Å². The van der Waals surface area contributed by atoms with Gasteiger partial charge in [0.1, 0.15) is 11.5 Å². The van der Waals surface area contributed by atoms with Crippen molar-refractivity contribution in [1.82, 2.24) is 14.9 Å². The van der Waals surface area contributed by atoms with Crippen molar-refractivity contribution in [2.75, 3.05) is 11.9 Å². The maximum Gasteiger partial charge on any atom is 0.274 e. The van der Waals surface area contributed by atoms with Crippen molar-refractivity contribution in [3.8, 4) is 0 Å². The topological polar surface area (TPSA) is 58.1 Å². The van der Waals surface area contributed by atoms with Crippen molar-refractivity contribution in [3.63, 3.8) is 0 Å². The summed E-state index contributed by atoms with van der Waals surface area (Å²) in [5.41, 5.74) is 2.58. The predicted octanol–water partition coefficient (Wildman–Crippen LogP) is 3.93.